The molecular weight excluding hydrogens is 312 g/mol. The standard InChI is InChI=1S/C17H16N2O3S/c1-11-6-5-7-12(10-11)19-16(20)15(23-17(19)21)18-13-8-3-4-9-14(13)22-2/h3-10,15,18H,1-2H3. The van der Waals surface area contributed by atoms with Gasteiger partial charge >= 0.3 is 0 Å². The zero-order chi connectivity index (χ0) is 16.4. The molecule has 1 unspecified atom stereocenters. The first kappa shape index (κ1) is 15.4. The lowest BCUT2D eigenvalue weighted by Crippen LogP contribution is -2.34. The molecule has 2 aromatic rings. The fourth-order valence-corrected chi connectivity index (χ4v) is 3.30. The quantitative estimate of drug-likeness (QED) is 0.928. The zero-order valence-corrected chi connectivity index (χ0v) is 13.6. The number of ether oxygens (including phenoxy) is 1. The largest absolute Gasteiger partial charge is 0.495 e. The van der Waals surface area contributed by atoms with Crippen molar-refractivity contribution in [1.29, 1.82) is 0 Å². The van der Waals surface area contributed by atoms with Crippen LogP contribution in [0.1, 0.15) is 5.56 Å². The normalized spacial score (nSPS) is 17.5. The molecule has 1 aliphatic rings. The number of amides is 2. The van der Waals surface area contributed by atoms with Crippen molar-refractivity contribution in [3.8, 4) is 5.75 Å². The highest BCUT2D eigenvalue weighted by Gasteiger charge is 2.41. The van der Waals surface area contributed by atoms with Crippen LogP contribution in [0.4, 0.5) is 16.2 Å². The molecule has 0 aliphatic carbocycles. The maximum Gasteiger partial charge on any atom is 0.295 e. The monoisotopic (exact) mass is 328 g/mol. The summed E-state index contributed by atoms with van der Waals surface area (Å²) in [6.07, 6.45) is 0. The van der Waals surface area contributed by atoms with Crippen LogP contribution < -0.4 is 15.0 Å². The van der Waals surface area contributed by atoms with E-state index in [1.807, 2.05) is 43.3 Å². The van der Waals surface area contributed by atoms with E-state index in [1.54, 1.807) is 19.2 Å². The minimum atomic E-state index is -0.667. The van der Waals surface area contributed by atoms with Crippen molar-refractivity contribution in [3.63, 3.8) is 0 Å². The molecule has 2 amide bonds. The van der Waals surface area contributed by atoms with Crippen molar-refractivity contribution in [2.75, 3.05) is 17.3 Å². The number of para-hydroxylation sites is 2. The molecule has 23 heavy (non-hydrogen) atoms. The summed E-state index contributed by atoms with van der Waals surface area (Å²) in [5.41, 5.74) is 2.27. The average molecular weight is 328 g/mol. The van der Waals surface area contributed by atoms with E-state index < -0.39 is 5.37 Å². The van der Waals surface area contributed by atoms with Crippen molar-refractivity contribution in [1.82, 2.24) is 0 Å². The molecule has 0 spiro atoms. The van der Waals surface area contributed by atoms with Gasteiger partial charge in [0.1, 0.15) is 5.75 Å². The summed E-state index contributed by atoms with van der Waals surface area (Å²) in [6, 6.07) is 14.6. The van der Waals surface area contributed by atoms with E-state index in [-0.39, 0.29) is 11.1 Å². The molecule has 0 radical (unpaired) electrons. The Kier molecular flexibility index (Phi) is 4.25. The van der Waals surface area contributed by atoms with Crippen LogP contribution in [0, 0.1) is 6.92 Å². The maximum absolute atomic E-state index is 12.6. The van der Waals surface area contributed by atoms with Crippen LogP contribution in [0.3, 0.4) is 0 Å². The van der Waals surface area contributed by atoms with Gasteiger partial charge in [0.25, 0.3) is 11.1 Å². The van der Waals surface area contributed by atoms with Crippen LogP contribution >= 0.6 is 11.8 Å². The second-order valence-corrected chi connectivity index (χ2v) is 6.18. The summed E-state index contributed by atoms with van der Waals surface area (Å²) < 4.78 is 5.26. The molecule has 6 heteroatoms. The predicted octanol–water partition coefficient (Wildman–Crippen LogP) is 3.64. The summed E-state index contributed by atoms with van der Waals surface area (Å²) in [4.78, 5) is 26.1. The van der Waals surface area contributed by atoms with Gasteiger partial charge in [-0.1, -0.05) is 24.3 Å². The summed E-state index contributed by atoms with van der Waals surface area (Å²) >= 11 is 0.967. The fourth-order valence-electron chi connectivity index (χ4n) is 2.41. The van der Waals surface area contributed by atoms with E-state index in [0.717, 1.165) is 17.3 Å². The van der Waals surface area contributed by atoms with Gasteiger partial charge in [-0.2, -0.15) is 0 Å². The molecule has 0 aromatic heterocycles. The van der Waals surface area contributed by atoms with E-state index >= 15 is 0 Å². The number of aryl methyl sites for hydroxylation is 1. The molecule has 5 nitrogen and oxygen atoms in total. The second kappa shape index (κ2) is 6.34. The van der Waals surface area contributed by atoms with E-state index in [9.17, 15) is 9.59 Å². The van der Waals surface area contributed by atoms with Gasteiger partial charge in [0.15, 0.2) is 5.37 Å². The van der Waals surface area contributed by atoms with E-state index in [2.05, 4.69) is 5.32 Å². The van der Waals surface area contributed by atoms with E-state index in [4.69, 9.17) is 4.74 Å². The van der Waals surface area contributed by atoms with Crippen molar-refractivity contribution in [3.05, 3.63) is 54.1 Å². The molecule has 3 rings (SSSR count). The van der Waals surface area contributed by atoms with Crippen LogP contribution in [0.25, 0.3) is 0 Å². The Morgan fingerprint density at radius 2 is 1.91 bits per heavy atom. The molecule has 1 heterocycles. The van der Waals surface area contributed by atoms with Crippen LogP contribution in [0.5, 0.6) is 5.75 Å². The Bertz CT molecular complexity index is 763. The number of methoxy groups -OCH3 is 1. The molecule has 1 aliphatic heterocycles. The van der Waals surface area contributed by atoms with Crippen molar-refractivity contribution >= 4 is 34.3 Å². The number of hydrogen-bond acceptors (Lipinski definition) is 5. The Hall–Kier alpha value is -2.47. The number of nitrogens with one attached hydrogen (secondary N) is 1. The van der Waals surface area contributed by atoms with Gasteiger partial charge in [-0.25, -0.2) is 4.90 Å². The number of nitrogens with zero attached hydrogens (tertiary/aromatic N) is 1. The fraction of sp³-hybridized carbons (Fsp3) is 0.176. The average Bonchev–Trinajstić information content (AvgIpc) is 2.82. The van der Waals surface area contributed by atoms with Crippen molar-refractivity contribution in [2.45, 2.75) is 12.3 Å². The highest BCUT2D eigenvalue weighted by Crippen LogP contribution is 2.34. The highest BCUT2D eigenvalue weighted by molar-refractivity contribution is 8.16. The molecule has 1 N–H and O–H groups in total. The molecule has 1 atom stereocenters. The molecule has 0 bridgehead atoms. The van der Waals surface area contributed by atoms with Crippen molar-refractivity contribution < 1.29 is 14.3 Å². The first-order valence-corrected chi connectivity index (χ1v) is 7.99. The summed E-state index contributed by atoms with van der Waals surface area (Å²) in [5, 5.41) is 2.13. The molecule has 2 aromatic carbocycles. The Balaban J connectivity index is 1.84. The zero-order valence-electron chi connectivity index (χ0n) is 12.8. The van der Waals surface area contributed by atoms with Gasteiger partial charge < -0.3 is 10.1 Å². The van der Waals surface area contributed by atoms with Crippen molar-refractivity contribution in [2.24, 2.45) is 0 Å². The lowest BCUT2D eigenvalue weighted by atomic mass is 10.2. The number of thioether (sulfide) groups is 1. The van der Waals surface area contributed by atoms with Crippen LogP contribution in [0.2, 0.25) is 0 Å². The smallest absolute Gasteiger partial charge is 0.295 e. The Morgan fingerprint density at radius 1 is 1.13 bits per heavy atom. The Morgan fingerprint density at radius 3 is 2.65 bits per heavy atom. The van der Waals surface area contributed by atoms with Gasteiger partial charge in [-0.05, 0) is 48.5 Å². The van der Waals surface area contributed by atoms with Gasteiger partial charge in [-0.15, -0.1) is 0 Å². The van der Waals surface area contributed by atoms with E-state index in [1.165, 1.54) is 4.90 Å². The predicted molar refractivity (Wildman–Crippen MR) is 92.1 cm³/mol. The lowest BCUT2D eigenvalue weighted by molar-refractivity contribution is -0.116. The van der Waals surface area contributed by atoms with Crippen LogP contribution in [0.15, 0.2) is 48.5 Å². The summed E-state index contributed by atoms with van der Waals surface area (Å²) in [5.74, 6) is 0.346. The van der Waals surface area contributed by atoms with E-state index in [0.29, 0.717) is 17.1 Å². The molecule has 1 saturated heterocycles. The minimum Gasteiger partial charge on any atom is -0.495 e. The van der Waals surface area contributed by atoms with Gasteiger partial charge in [0.2, 0.25) is 0 Å². The lowest BCUT2D eigenvalue weighted by Gasteiger charge is -2.16. The number of carbonyl (C=O) groups is 2. The summed E-state index contributed by atoms with van der Waals surface area (Å²) in [6.45, 7) is 1.92. The maximum atomic E-state index is 12.6. The van der Waals surface area contributed by atoms with Crippen LogP contribution in [-0.4, -0.2) is 23.6 Å². The number of rotatable bonds is 4. The first-order valence-electron chi connectivity index (χ1n) is 7.11. The molecule has 0 saturated carbocycles. The first-order chi connectivity index (χ1) is 11.1. The number of hydrogen-bond donors (Lipinski definition) is 1. The third-order valence-corrected chi connectivity index (χ3v) is 4.44. The molecular formula is C17H16N2O3S. The number of anilines is 2. The van der Waals surface area contributed by atoms with Crippen LogP contribution in [-0.2, 0) is 4.79 Å². The number of carbonyl (C=O) groups excluding carboxylic acids is 2. The number of benzene rings is 2. The van der Waals surface area contributed by atoms with Gasteiger partial charge in [-0.3, -0.25) is 9.59 Å². The highest BCUT2D eigenvalue weighted by atomic mass is 32.2. The molecule has 118 valence electrons. The summed E-state index contributed by atoms with van der Waals surface area (Å²) in [7, 11) is 1.56. The minimum absolute atomic E-state index is 0.281. The SMILES string of the molecule is COc1ccccc1NC1SC(=O)N(c2cccc(C)c2)C1=O. The second-order valence-electron chi connectivity index (χ2n) is 5.12. The topological polar surface area (TPSA) is 58.6 Å². The molecule has 1 fully saturated rings. The Labute approximate surface area is 138 Å². The van der Waals surface area contributed by atoms with Gasteiger partial charge in [0, 0.05) is 0 Å². The third-order valence-electron chi connectivity index (χ3n) is 3.50. The van der Waals surface area contributed by atoms with Gasteiger partial charge in [0.05, 0.1) is 18.5 Å². The third kappa shape index (κ3) is 3.03. The number of imide groups is 1.